The molecule has 2 rings (SSSR count). The number of carbonyl (C=O) groups excluding carboxylic acids is 1. The van der Waals surface area contributed by atoms with Crippen LogP contribution in [-0.4, -0.2) is 161 Å². The molecule has 0 spiro atoms. The van der Waals surface area contributed by atoms with Gasteiger partial charge in [-0.2, -0.15) is 78.9 Å². The maximum absolute atomic E-state index is 14.5. The van der Waals surface area contributed by atoms with Crippen LogP contribution in [0, 0.1) is 0 Å². The smallest absolute Gasteiger partial charge is 0.394 e. The van der Waals surface area contributed by atoms with Gasteiger partial charge in [0.25, 0.3) is 10.0 Å². The molecule has 53 heavy (non-hydrogen) atoms. The van der Waals surface area contributed by atoms with Gasteiger partial charge < -0.3 is 34.8 Å². The summed E-state index contributed by atoms with van der Waals surface area (Å²) in [5.74, 6) is -53.0. The summed E-state index contributed by atoms with van der Waals surface area (Å²) in [7, 11) is -7.44. The molecule has 0 aromatic heterocycles. The number of unbranched alkanes of at least 4 members (excludes halogenated alkanes) is 2. The number of amides is 1. The van der Waals surface area contributed by atoms with Gasteiger partial charge in [0, 0.05) is 39.2 Å². The van der Waals surface area contributed by atoms with Gasteiger partial charge in [-0.3, -0.25) is 4.79 Å². The topological polar surface area (TPSA) is 157 Å². The Kier molecular flexibility index (Phi) is 13.8. The first-order valence-corrected chi connectivity index (χ1v) is 16.0. The summed E-state index contributed by atoms with van der Waals surface area (Å²) in [5, 5.41) is 30.8. The summed E-state index contributed by atoms with van der Waals surface area (Å²) < 4.78 is 265. The summed E-state index contributed by atoms with van der Waals surface area (Å²) in [6.07, 6.45) is -15.9. The second-order valence-electron chi connectivity index (χ2n) is 11.6. The molecule has 29 heteroatoms. The minimum atomic E-state index is -8.93. The number of hydrogen-bond acceptors (Lipinski definition) is 9. The van der Waals surface area contributed by atoms with E-state index in [0.717, 1.165) is 0 Å². The predicted molar refractivity (Wildman–Crippen MR) is 136 cm³/mol. The van der Waals surface area contributed by atoms with Gasteiger partial charge in [0.1, 0.15) is 24.4 Å². The molecule has 2 saturated heterocycles. The summed E-state index contributed by atoms with van der Waals surface area (Å²) in [5.41, 5.74) is 0. The molecule has 1 amide bonds. The molecule has 0 bridgehead atoms. The van der Waals surface area contributed by atoms with Crippen molar-refractivity contribution in [2.24, 2.45) is 0 Å². The maximum Gasteiger partial charge on any atom is 0.460 e. The van der Waals surface area contributed by atoms with Crippen molar-refractivity contribution in [1.82, 2.24) is 9.21 Å². The van der Waals surface area contributed by atoms with Crippen LogP contribution in [0.3, 0.4) is 0 Å². The molecule has 2 aliphatic heterocycles. The molecular formula is C24H29F17N2O9S. The number of sulfonamides is 1. The van der Waals surface area contributed by atoms with Crippen LogP contribution in [0.25, 0.3) is 0 Å². The molecule has 0 aromatic carbocycles. The Morgan fingerprint density at radius 3 is 1.55 bits per heavy atom. The van der Waals surface area contributed by atoms with Gasteiger partial charge in [-0.1, -0.05) is 6.42 Å². The molecule has 4 N–H and O–H groups in total. The van der Waals surface area contributed by atoms with Crippen molar-refractivity contribution < 1.29 is 118 Å². The Bertz CT molecular complexity index is 1380. The van der Waals surface area contributed by atoms with E-state index in [1.54, 1.807) is 0 Å². The fourth-order valence-corrected chi connectivity index (χ4v) is 6.19. The predicted octanol–water partition coefficient (Wildman–Crippen LogP) is 2.80. The van der Waals surface area contributed by atoms with Gasteiger partial charge in [0.05, 0.1) is 6.61 Å². The Morgan fingerprint density at radius 2 is 1.09 bits per heavy atom. The number of hydrogen-bond donors (Lipinski definition) is 4. The van der Waals surface area contributed by atoms with Gasteiger partial charge in [-0.25, -0.2) is 8.42 Å². The zero-order chi connectivity index (χ0) is 41.6. The fraction of sp³-hybridized carbons (Fsp3) is 0.958. The molecule has 0 aromatic rings. The van der Waals surface area contributed by atoms with Crippen LogP contribution in [0.15, 0.2) is 0 Å². The van der Waals surface area contributed by atoms with Gasteiger partial charge in [-0.15, -0.1) is 0 Å². The third kappa shape index (κ3) is 7.85. The van der Waals surface area contributed by atoms with Crippen LogP contribution >= 0.6 is 0 Å². The largest absolute Gasteiger partial charge is 0.460 e. The quantitative estimate of drug-likeness (QED) is 0.136. The highest BCUT2D eigenvalue weighted by molar-refractivity contribution is 7.90. The molecule has 0 unspecified atom stereocenters. The molecular weight excluding hydrogens is 815 g/mol. The second-order valence-corrected chi connectivity index (χ2v) is 13.6. The highest BCUT2D eigenvalue weighted by Gasteiger charge is 2.96. The van der Waals surface area contributed by atoms with Crippen LogP contribution in [-0.2, 0) is 24.3 Å². The Labute approximate surface area is 286 Å². The first-order valence-electron chi connectivity index (χ1n) is 14.6. The van der Waals surface area contributed by atoms with Gasteiger partial charge in [0.2, 0.25) is 5.91 Å². The minimum Gasteiger partial charge on any atom is -0.394 e. The number of ether oxygens (including phenoxy) is 2. The number of rotatable bonds is 16. The van der Waals surface area contributed by atoms with E-state index in [9.17, 15) is 103 Å². The SMILES string of the molecule is O=C(CCCCCO[C@H]1O[C@H](CO)[C@@H](O)[C@H](O)[C@@H]1O)N1CCN(S(=O)(=O)C(F)(F)C(F)(F)C(F)(F)C(F)(F)C(F)(F)C(F)(F)C(F)(F)C(F)(F)F)CC1. The molecule has 2 fully saturated rings. The van der Waals surface area contributed by atoms with Crippen molar-refractivity contribution in [2.75, 3.05) is 39.4 Å². The lowest BCUT2D eigenvalue weighted by atomic mass is 9.91. The molecule has 2 aliphatic rings. The summed E-state index contributed by atoms with van der Waals surface area (Å²) in [6.45, 7) is -5.86. The minimum absolute atomic E-state index is 0.0154. The van der Waals surface area contributed by atoms with E-state index in [2.05, 4.69) is 0 Å². The van der Waals surface area contributed by atoms with Crippen molar-refractivity contribution in [3.63, 3.8) is 0 Å². The number of alkyl halides is 17. The lowest BCUT2D eigenvalue weighted by Gasteiger charge is -2.43. The number of nitrogens with zero attached hydrogens (tertiary/aromatic N) is 2. The van der Waals surface area contributed by atoms with Gasteiger partial charge in [-0.05, 0) is 12.8 Å². The average Bonchev–Trinajstić information content (AvgIpc) is 3.04. The van der Waals surface area contributed by atoms with E-state index in [0.29, 0.717) is 4.90 Å². The van der Waals surface area contributed by atoms with Crippen LogP contribution in [0.1, 0.15) is 25.7 Å². The Balaban J connectivity index is 2.06. The van der Waals surface area contributed by atoms with E-state index >= 15 is 0 Å². The lowest BCUT2D eigenvalue weighted by Crippen LogP contribution is -2.75. The van der Waals surface area contributed by atoms with Crippen LogP contribution in [0.2, 0.25) is 0 Å². The normalized spacial score (nSPS) is 25.5. The summed E-state index contributed by atoms with van der Waals surface area (Å²) in [6, 6.07) is 0. The second kappa shape index (κ2) is 15.5. The standard InChI is InChI=1S/C24H29F17N2O9S/c25-17(26,19(29,30)21(33,34)23(37,38)39)18(27,28)20(31,32)22(35,36)24(40,41)53(49,50)43-7-5-42(6-8-43)12(45)4-2-1-3-9-51-16-15(48)14(47)13(46)11(10-44)52-16/h11,13-16,44,46-48H,1-10H2/t11-,13-,14+,15+,16+/m1/s1. The van der Waals surface area contributed by atoms with Crippen molar-refractivity contribution in [3.05, 3.63) is 0 Å². The van der Waals surface area contributed by atoms with Crippen molar-refractivity contribution in [1.29, 1.82) is 0 Å². The average molecular weight is 845 g/mol. The third-order valence-electron chi connectivity index (χ3n) is 8.11. The summed E-state index contributed by atoms with van der Waals surface area (Å²) in [4.78, 5) is 13.1. The van der Waals surface area contributed by atoms with Gasteiger partial charge in [0.15, 0.2) is 6.29 Å². The maximum atomic E-state index is 14.5. The number of carbonyl (C=O) groups is 1. The van der Waals surface area contributed by atoms with Crippen molar-refractivity contribution in [2.45, 2.75) is 103 Å². The number of aliphatic hydroxyl groups excluding tert-OH is 4. The molecule has 5 atom stereocenters. The van der Waals surface area contributed by atoms with Crippen molar-refractivity contribution in [3.8, 4) is 0 Å². The lowest BCUT2D eigenvalue weighted by molar-refractivity contribution is -0.458. The zero-order valence-electron chi connectivity index (χ0n) is 26.0. The molecule has 0 aliphatic carbocycles. The molecule has 0 radical (unpaired) electrons. The number of aliphatic hydroxyl groups is 4. The number of piperazine rings is 1. The molecule has 314 valence electrons. The van der Waals surface area contributed by atoms with E-state index in [-0.39, 0.29) is 32.3 Å². The van der Waals surface area contributed by atoms with Crippen LogP contribution < -0.4 is 0 Å². The van der Waals surface area contributed by atoms with Crippen molar-refractivity contribution >= 4 is 15.9 Å². The molecule has 0 saturated carbocycles. The highest BCUT2D eigenvalue weighted by atomic mass is 32.2. The first-order chi connectivity index (χ1) is 23.6. The van der Waals surface area contributed by atoms with E-state index in [1.807, 2.05) is 0 Å². The zero-order valence-corrected chi connectivity index (χ0v) is 26.8. The van der Waals surface area contributed by atoms with Gasteiger partial charge >= 0.3 is 47.0 Å². The fourth-order valence-electron chi connectivity index (χ4n) is 4.77. The number of halogens is 17. The monoisotopic (exact) mass is 844 g/mol. The van der Waals surface area contributed by atoms with Crippen LogP contribution in [0.4, 0.5) is 74.6 Å². The highest BCUT2D eigenvalue weighted by Crippen LogP contribution is 2.64. The summed E-state index contributed by atoms with van der Waals surface area (Å²) >= 11 is 0. The Hall–Kier alpha value is -2.05. The van der Waals surface area contributed by atoms with Crippen LogP contribution in [0.5, 0.6) is 0 Å². The Morgan fingerprint density at radius 1 is 0.642 bits per heavy atom. The van der Waals surface area contributed by atoms with E-state index in [4.69, 9.17) is 14.6 Å². The third-order valence-corrected chi connectivity index (χ3v) is 10.1. The molecule has 2 heterocycles. The van der Waals surface area contributed by atoms with E-state index < -0.39 is 131 Å². The van der Waals surface area contributed by atoms with E-state index in [1.165, 1.54) is 0 Å². The molecule has 11 nitrogen and oxygen atoms in total. The first kappa shape index (κ1) is 47.1.